The largest absolute Gasteiger partial charge is 0.369 e. The van der Waals surface area contributed by atoms with Crippen LogP contribution in [0.2, 0.25) is 0 Å². The number of aromatic nitrogens is 2. The Morgan fingerprint density at radius 1 is 1.62 bits per heavy atom. The maximum Gasteiger partial charge on any atom is 0.294 e. The zero-order valence-corrected chi connectivity index (χ0v) is 9.49. The lowest BCUT2D eigenvalue weighted by Crippen LogP contribution is -2.35. The highest BCUT2D eigenvalue weighted by atomic mass is 16.1. The molecule has 2 rings (SSSR count). The van der Waals surface area contributed by atoms with Gasteiger partial charge >= 0.3 is 0 Å². The molecule has 0 saturated carbocycles. The fourth-order valence-corrected chi connectivity index (χ4v) is 2.19. The summed E-state index contributed by atoms with van der Waals surface area (Å²) in [6.07, 6.45) is 4.18. The summed E-state index contributed by atoms with van der Waals surface area (Å²) in [7, 11) is 1.66. The van der Waals surface area contributed by atoms with Gasteiger partial charge in [0.1, 0.15) is 0 Å². The van der Waals surface area contributed by atoms with Gasteiger partial charge < -0.3 is 5.32 Å². The minimum Gasteiger partial charge on any atom is -0.369 e. The van der Waals surface area contributed by atoms with Crippen molar-refractivity contribution in [2.75, 3.05) is 12.4 Å². The molecule has 0 radical (unpaired) electrons. The van der Waals surface area contributed by atoms with E-state index in [0.717, 1.165) is 25.0 Å². The van der Waals surface area contributed by atoms with Crippen LogP contribution in [0, 0.1) is 0 Å². The number of hydrogen-bond acceptors (Lipinski definition) is 4. The van der Waals surface area contributed by atoms with E-state index in [1.807, 2.05) is 0 Å². The van der Waals surface area contributed by atoms with Crippen molar-refractivity contribution in [3.63, 3.8) is 0 Å². The summed E-state index contributed by atoms with van der Waals surface area (Å²) in [4.78, 5) is 27.6. The Balaban J connectivity index is 2.61. The SMILES string of the molecule is CNc1ncc2n(c1=O)C(C(C)=O)CCC2. The molecular formula is C11H15N3O2. The first-order valence-electron chi connectivity index (χ1n) is 5.43. The molecule has 86 valence electrons. The van der Waals surface area contributed by atoms with Crippen molar-refractivity contribution in [3.8, 4) is 0 Å². The highest BCUT2D eigenvalue weighted by Crippen LogP contribution is 2.23. The van der Waals surface area contributed by atoms with Crippen molar-refractivity contribution in [1.82, 2.24) is 9.55 Å². The van der Waals surface area contributed by atoms with Gasteiger partial charge in [0.25, 0.3) is 5.56 Å². The van der Waals surface area contributed by atoms with Gasteiger partial charge in [0, 0.05) is 18.9 Å². The molecule has 1 aromatic rings. The molecule has 1 unspecified atom stereocenters. The van der Waals surface area contributed by atoms with Crippen molar-refractivity contribution in [2.24, 2.45) is 0 Å². The summed E-state index contributed by atoms with van der Waals surface area (Å²) in [5, 5.41) is 2.75. The summed E-state index contributed by atoms with van der Waals surface area (Å²) >= 11 is 0. The van der Waals surface area contributed by atoms with E-state index < -0.39 is 0 Å². The van der Waals surface area contributed by atoms with Crippen LogP contribution in [0.4, 0.5) is 5.82 Å². The highest BCUT2D eigenvalue weighted by molar-refractivity contribution is 5.80. The number of fused-ring (bicyclic) bond motifs is 1. The Labute approximate surface area is 93.5 Å². The van der Waals surface area contributed by atoms with Gasteiger partial charge in [-0.1, -0.05) is 0 Å². The maximum absolute atomic E-state index is 12.0. The first-order chi connectivity index (χ1) is 7.65. The molecule has 1 aromatic heterocycles. The molecule has 0 amide bonds. The van der Waals surface area contributed by atoms with Gasteiger partial charge in [0.2, 0.25) is 0 Å². The van der Waals surface area contributed by atoms with Gasteiger partial charge in [-0.15, -0.1) is 0 Å². The molecule has 1 aliphatic heterocycles. The van der Waals surface area contributed by atoms with Crippen molar-refractivity contribution in [1.29, 1.82) is 0 Å². The molecular weight excluding hydrogens is 206 g/mol. The Morgan fingerprint density at radius 3 is 3.00 bits per heavy atom. The van der Waals surface area contributed by atoms with Crippen molar-refractivity contribution >= 4 is 11.6 Å². The third-order valence-electron chi connectivity index (χ3n) is 3.00. The summed E-state index contributed by atoms with van der Waals surface area (Å²) < 4.78 is 1.59. The monoisotopic (exact) mass is 221 g/mol. The molecule has 5 nitrogen and oxygen atoms in total. The zero-order valence-electron chi connectivity index (χ0n) is 9.49. The standard InChI is InChI=1S/C11H15N3O2/c1-7(15)9-5-3-4-8-6-13-10(12-2)11(16)14(8)9/h6,9H,3-5H2,1-2H3,(H,12,13). The van der Waals surface area contributed by atoms with E-state index >= 15 is 0 Å². The van der Waals surface area contributed by atoms with E-state index in [2.05, 4.69) is 10.3 Å². The van der Waals surface area contributed by atoms with Crippen molar-refractivity contribution in [3.05, 3.63) is 22.2 Å². The normalized spacial score (nSPS) is 19.0. The minimum absolute atomic E-state index is 0.0382. The Kier molecular flexibility index (Phi) is 2.77. The number of anilines is 1. The summed E-state index contributed by atoms with van der Waals surface area (Å²) in [6.45, 7) is 1.53. The number of rotatable bonds is 2. The lowest BCUT2D eigenvalue weighted by atomic mass is 9.99. The van der Waals surface area contributed by atoms with Crippen molar-refractivity contribution < 1.29 is 4.79 Å². The number of aryl methyl sites for hydroxylation is 1. The Bertz CT molecular complexity index is 479. The number of ketones is 1. The predicted octanol–water partition coefficient (Wildman–Crippen LogP) is 0.751. The average molecular weight is 221 g/mol. The second kappa shape index (κ2) is 4.08. The van der Waals surface area contributed by atoms with Crippen LogP contribution in [0.1, 0.15) is 31.5 Å². The van der Waals surface area contributed by atoms with Crippen LogP contribution in [-0.4, -0.2) is 22.4 Å². The topological polar surface area (TPSA) is 64.0 Å². The van der Waals surface area contributed by atoms with E-state index in [1.54, 1.807) is 17.8 Å². The van der Waals surface area contributed by atoms with Gasteiger partial charge in [-0.3, -0.25) is 14.2 Å². The first kappa shape index (κ1) is 10.9. The maximum atomic E-state index is 12.0. The molecule has 0 bridgehead atoms. The van der Waals surface area contributed by atoms with Crippen LogP contribution in [0.25, 0.3) is 0 Å². The van der Waals surface area contributed by atoms with Gasteiger partial charge in [-0.05, 0) is 26.2 Å². The zero-order chi connectivity index (χ0) is 11.7. The van der Waals surface area contributed by atoms with Gasteiger partial charge in [-0.2, -0.15) is 0 Å². The van der Waals surface area contributed by atoms with Gasteiger partial charge in [0.15, 0.2) is 11.6 Å². The van der Waals surface area contributed by atoms with Crippen LogP contribution >= 0.6 is 0 Å². The third-order valence-corrected chi connectivity index (χ3v) is 3.00. The van der Waals surface area contributed by atoms with E-state index in [1.165, 1.54) is 6.92 Å². The third kappa shape index (κ3) is 1.62. The van der Waals surface area contributed by atoms with Crippen molar-refractivity contribution in [2.45, 2.75) is 32.2 Å². The van der Waals surface area contributed by atoms with Crippen LogP contribution in [0.3, 0.4) is 0 Å². The molecule has 0 saturated heterocycles. The van der Waals surface area contributed by atoms with E-state index in [0.29, 0.717) is 5.82 Å². The molecule has 0 spiro atoms. The summed E-state index contributed by atoms with van der Waals surface area (Å²) in [6, 6.07) is -0.314. The highest BCUT2D eigenvalue weighted by Gasteiger charge is 2.25. The van der Waals surface area contributed by atoms with Crippen LogP contribution in [0.15, 0.2) is 11.0 Å². The molecule has 1 N–H and O–H groups in total. The molecule has 0 aliphatic carbocycles. The number of carbonyl (C=O) groups is 1. The molecule has 0 fully saturated rings. The smallest absolute Gasteiger partial charge is 0.294 e. The Morgan fingerprint density at radius 2 is 2.38 bits per heavy atom. The molecule has 16 heavy (non-hydrogen) atoms. The van der Waals surface area contributed by atoms with Crippen LogP contribution < -0.4 is 10.9 Å². The predicted molar refractivity (Wildman–Crippen MR) is 60.7 cm³/mol. The van der Waals surface area contributed by atoms with E-state index in [-0.39, 0.29) is 17.4 Å². The fourth-order valence-electron chi connectivity index (χ4n) is 2.19. The molecule has 1 atom stereocenters. The lowest BCUT2D eigenvalue weighted by Gasteiger charge is -2.25. The molecule has 1 aliphatic rings. The van der Waals surface area contributed by atoms with Gasteiger partial charge in [0.05, 0.1) is 6.04 Å². The second-order valence-electron chi connectivity index (χ2n) is 4.04. The molecule has 0 aromatic carbocycles. The number of hydrogen-bond donors (Lipinski definition) is 1. The second-order valence-corrected chi connectivity index (χ2v) is 4.04. The van der Waals surface area contributed by atoms with E-state index in [9.17, 15) is 9.59 Å². The Hall–Kier alpha value is -1.65. The molecule has 2 heterocycles. The number of nitrogens with zero attached hydrogens (tertiary/aromatic N) is 2. The minimum atomic E-state index is -0.314. The molecule has 5 heteroatoms. The quantitative estimate of drug-likeness (QED) is 0.800. The average Bonchev–Trinajstić information content (AvgIpc) is 2.29. The summed E-state index contributed by atoms with van der Waals surface area (Å²) in [5.41, 5.74) is 0.662. The number of carbonyl (C=O) groups excluding carboxylic acids is 1. The summed E-state index contributed by atoms with van der Waals surface area (Å²) in [5.74, 6) is 0.341. The van der Waals surface area contributed by atoms with Crippen LogP contribution in [0.5, 0.6) is 0 Å². The number of nitrogens with one attached hydrogen (secondary N) is 1. The van der Waals surface area contributed by atoms with Gasteiger partial charge in [-0.25, -0.2) is 4.98 Å². The van der Waals surface area contributed by atoms with Crippen LogP contribution in [-0.2, 0) is 11.2 Å². The van der Waals surface area contributed by atoms with E-state index in [4.69, 9.17) is 0 Å². The lowest BCUT2D eigenvalue weighted by molar-refractivity contribution is -0.120. The first-order valence-corrected chi connectivity index (χ1v) is 5.43. The fraction of sp³-hybridized carbons (Fsp3) is 0.545. The number of Topliss-reactive ketones (excluding diaryl/α,β-unsaturated/α-hetero) is 1.